The Morgan fingerprint density at radius 1 is 1.00 bits per heavy atom. The van der Waals surface area contributed by atoms with Gasteiger partial charge in [-0.25, -0.2) is 0 Å². The molecule has 1 N–H and O–H groups in total. The summed E-state index contributed by atoms with van der Waals surface area (Å²) in [6.07, 6.45) is 9.72. The summed E-state index contributed by atoms with van der Waals surface area (Å²) in [6, 6.07) is 6.16. The Morgan fingerprint density at radius 3 is 2.47 bits per heavy atom. The summed E-state index contributed by atoms with van der Waals surface area (Å²) in [7, 11) is 0. The zero-order valence-corrected chi connectivity index (χ0v) is 12.9. The lowest BCUT2D eigenvalue weighted by Gasteiger charge is -2.09. The molecule has 0 spiro atoms. The number of rotatable bonds is 9. The molecule has 0 atom stereocenters. The minimum absolute atomic E-state index is 0.476. The monoisotopic (exact) mass is 262 g/mol. The van der Waals surface area contributed by atoms with Crippen molar-refractivity contribution in [3.8, 4) is 5.75 Å². The number of hydrogen-bond acceptors (Lipinski definition) is 1. The summed E-state index contributed by atoms with van der Waals surface area (Å²) < 4.78 is 0. The van der Waals surface area contributed by atoms with E-state index in [1.54, 1.807) is 0 Å². The Morgan fingerprint density at radius 2 is 1.79 bits per heavy atom. The van der Waals surface area contributed by atoms with Crippen molar-refractivity contribution < 1.29 is 5.11 Å². The van der Waals surface area contributed by atoms with E-state index in [1.807, 2.05) is 6.07 Å². The molecule has 0 aliphatic rings. The normalized spacial score (nSPS) is 11.2. The van der Waals surface area contributed by atoms with Gasteiger partial charge >= 0.3 is 0 Å². The third-order valence-corrected chi connectivity index (χ3v) is 3.69. The average Bonchev–Trinajstić information content (AvgIpc) is 2.37. The van der Waals surface area contributed by atoms with Crippen LogP contribution in [0.2, 0.25) is 0 Å². The van der Waals surface area contributed by atoms with Gasteiger partial charge in [0.05, 0.1) is 0 Å². The van der Waals surface area contributed by atoms with Crippen LogP contribution in [-0.4, -0.2) is 5.11 Å². The molecule has 0 aliphatic carbocycles. The molecule has 108 valence electrons. The van der Waals surface area contributed by atoms with Gasteiger partial charge in [0.1, 0.15) is 5.75 Å². The van der Waals surface area contributed by atoms with Crippen molar-refractivity contribution in [2.24, 2.45) is 5.92 Å². The minimum atomic E-state index is 0.476. The number of aromatic hydroxyl groups is 1. The molecule has 0 saturated carbocycles. The van der Waals surface area contributed by atoms with Crippen LogP contribution in [-0.2, 0) is 12.8 Å². The van der Waals surface area contributed by atoms with Gasteiger partial charge in [-0.15, -0.1) is 0 Å². The molecule has 0 fully saturated rings. The highest BCUT2D eigenvalue weighted by atomic mass is 16.3. The lowest BCUT2D eigenvalue weighted by Crippen LogP contribution is -1.93. The van der Waals surface area contributed by atoms with Crippen LogP contribution in [0.15, 0.2) is 18.2 Å². The molecule has 0 saturated heterocycles. The first-order valence-electron chi connectivity index (χ1n) is 7.94. The maximum atomic E-state index is 9.91. The van der Waals surface area contributed by atoms with Gasteiger partial charge in [-0.1, -0.05) is 58.6 Å². The first-order chi connectivity index (χ1) is 9.13. The van der Waals surface area contributed by atoms with Crippen molar-refractivity contribution in [2.45, 2.75) is 72.1 Å². The van der Waals surface area contributed by atoms with Gasteiger partial charge in [0.2, 0.25) is 0 Å². The van der Waals surface area contributed by atoms with Crippen LogP contribution < -0.4 is 0 Å². The quantitative estimate of drug-likeness (QED) is 0.583. The van der Waals surface area contributed by atoms with E-state index in [-0.39, 0.29) is 0 Å². The van der Waals surface area contributed by atoms with E-state index >= 15 is 0 Å². The molecule has 0 bridgehead atoms. The molecule has 0 aliphatic heterocycles. The van der Waals surface area contributed by atoms with Crippen molar-refractivity contribution in [3.05, 3.63) is 29.3 Å². The first-order valence-corrected chi connectivity index (χ1v) is 7.94. The molecule has 1 nitrogen and oxygen atoms in total. The van der Waals surface area contributed by atoms with Gasteiger partial charge in [-0.2, -0.15) is 0 Å². The van der Waals surface area contributed by atoms with Gasteiger partial charge in [-0.3, -0.25) is 0 Å². The molecule has 1 aromatic carbocycles. The second-order valence-electron chi connectivity index (χ2n) is 6.06. The van der Waals surface area contributed by atoms with Crippen molar-refractivity contribution >= 4 is 0 Å². The number of benzene rings is 1. The van der Waals surface area contributed by atoms with Gasteiger partial charge in [-0.05, 0) is 48.8 Å². The summed E-state index contributed by atoms with van der Waals surface area (Å²) in [5.74, 6) is 1.26. The minimum Gasteiger partial charge on any atom is -0.508 e. The highest BCUT2D eigenvalue weighted by Crippen LogP contribution is 2.22. The second kappa shape index (κ2) is 9.01. The third kappa shape index (κ3) is 6.66. The van der Waals surface area contributed by atoms with Crippen molar-refractivity contribution in [1.29, 1.82) is 0 Å². The Labute approximate surface area is 119 Å². The van der Waals surface area contributed by atoms with Gasteiger partial charge < -0.3 is 5.11 Å². The van der Waals surface area contributed by atoms with E-state index in [1.165, 1.54) is 44.1 Å². The fraction of sp³-hybridized carbons (Fsp3) is 0.667. The lowest BCUT2D eigenvalue weighted by atomic mass is 9.98. The third-order valence-electron chi connectivity index (χ3n) is 3.69. The number of phenols is 1. The first kappa shape index (κ1) is 16.1. The van der Waals surface area contributed by atoms with Crippen LogP contribution >= 0.6 is 0 Å². The summed E-state index contributed by atoms with van der Waals surface area (Å²) >= 11 is 0. The van der Waals surface area contributed by atoms with E-state index in [0.29, 0.717) is 5.75 Å². The Bertz CT molecular complexity index is 355. The number of hydrogen-bond donors (Lipinski definition) is 1. The largest absolute Gasteiger partial charge is 0.508 e. The Balaban J connectivity index is 2.46. The smallest absolute Gasteiger partial charge is 0.118 e. The topological polar surface area (TPSA) is 20.2 Å². The molecular weight excluding hydrogens is 232 g/mol. The molecule has 0 heterocycles. The molecule has 0 unspecified atom stereocenters. The summed E-state index contributed by atoms with van der Waals surface area (Å²) in [5, 5.41) is 9.91. The highest BCUT2D eigenvalue weighted by Gasteiger charge is 2.04. The molecule has 0 aromatic heterocycles. The van der Waals surface area contributed by atoms with Crippen LogP contribution in [0.25, 0.3) is 0 Å². The van der Waals surface area contributed by atoms with Crippen molar-refractivity contribution in [2.75, 3.05) is 0 Å². The van der Waals surface area contributed by atoms with E-state index in [0.717, 1.165) is 24.3 Å². The number of aryl methyl sites for hydroxylation is 2. The predicted octanol–water partition coefficient (Wildman–Crippen LogP) is 5.49. The fourth-order valence-electron chi connectivity index (χ4n) is 2.45. The summed E-state index contributed by atoms with van der Waals surface area (Å²) in [5.41, 5.74) is 2.52. The van der Waals surface area contributed by atoms with E-state index in [4.69, 9.17) is 0 Å². The molecule has 0 radical (unpaired) electrons. The van der Waals surface area contributed by atoms with E-state index < -0.39 is 0 Å². The summed E-state index contributed by atoms with van der Waals surface area (Å²) in [6.45, 7) is 6.78. The molecular formula is C18H30O. The van der Waals surface area contributed by atoms with E-state index in [2.05, 4.69) is 32.9 Å². The van der Waals surface area contributed by atoms with Crippen LogP contribution in [0.5, 0.6) is 5.75 Å². The van der Waals surface area contributed by atoms with Gasteiger partial charge in [0.15, 0.2) is 0 Å². The molecule has 1 rings (SSSR count). The standard InChI is InChI=1S/C18H30O/c1-4-5-6-7-11-17-14-16(12-13-18(17)19)10-8-9-15(2)3/h12-15,19H,4-11H2,1-3H3. The predicted molar refractivity (Wildman–Crippen MR) is 83.7 cm³/mol. The zero-order valence-electron chi connectivity index (χ0n) is 12.9. The lowest BCUT2D eigenvalue weighted by molar-refractivity contribution is 0.465. The van der Waals surface area contributed by atoms with Crippen LogP contribution in [0.3, 0.4) is 0 Å². The maximum absolute atomic E-state index is 9.91. The van der Waals surface area contributed by atoms with Crippen molar-refractivity contribution in [3.63, 3.8) is 0 Å². The van der Waals surface area contributed by atoms with Crippen molar-refractivity contribution in [1.82, 2.24) is 0 Å². The Hall–Kier alpha value is -0.980. The SMILES string of the molecule is CCCCCCc1cc(CCCC(C)C)ccc1O. The number of unbranched alkanes of at least 4 members (excludes halogenated alkanes) is 3. The molecule has 0 amide bonds. The fourth-order valence-corrected chi connectivity index (χ4v) is 2.45. The maximum Gasteiger partial charge on any atom is 0.118 e. The number of phenolic OH excluding ortho intramolecular Hbond substituents is 1. The highest BCUT2D eigenvalue weighted by molar-refractivity contribution is 5.36. The molecule has 19 heavy (non-hydrogen) atoms. The molecule has 1 heteroatoms. The van der Waals surface area contributed by atoms with Crippen LogP contribution in [0, 0.1) is 5.92 Å². The average molecular weight is 262 g/mol. The van der Waals surface area contributed by atoms with Gasteiger partial charge in [0.25, 0.3) is 0 Å². The molecule has 1 aromatic rings. The van der Waals surface area contributed by atoms with Crippen LogP contribution in [0.1, 0.15) is 70.4 Å². The van der Waals surface area contributed by atoms with E-state index in [9.17, 15) is 5.11 Å². The Kier molecular flexibility index (Phi) is 7.62. The summed E-state index contributed by atoms with van der Waals surface area (Å²) in [4.78, 5) is 0. The second-order valence-corrected chi connectivity index (χ2v) is 6.06. The van der Waals surface area contributed by atoms with Crippen LogP contribution in [0.4, 0.5) is 0 Å². The van der Waals surface area contributed by atoms with Gasteiger partial charge in [0, 0.05) is 0 Å². The zero-order chi connectivity index (χ0) is 14.1.